The van der Waals surface area contributed by atoms with Gasteiger partial charge in [-0.15, -0.1) is 5.10 Å². The Bertz CT molecular complexity index is 642. The molecule has 0 unspecified atom stereocenters. The number of nitriles is 1. The SMILES string of the molecule is Cc1nn(C)c(-n2cnc(C#N)n2)c1CNC1CC1. The minimum Gasteiger partial charge on any atom is -0.310 e. The van der Waals surface area contributed by atoms with E-state index in [1.165, 1.54) is 12.8 Å². The van der Waals surface area contributed by atoms with Crippen LogP contribution >= 0.6 is 0 Å². The topological polar surface area (TPSA) is 84.3 Å². The summed E-state index contributed by atoms with van der Waals surface area (Å²) in [6.07, 6.45) is 4.04. The van der Waals surface area contributed by atoms with Crippen molar-refractivity contribution < 1.29 is 0 Å². The molecule has 1 saturated carbocycles. The van der Waals surface area contributed by atoms with Crippen molar-refractivity contribution in [3.05, 3.63) is 23.4 Å². The fraction of sp³-hybridized carbons (Fsp3) is 0.500. The molecule has 7 nitrogen and oxygen atoms in total. The van der Waals surface area contributed by atoms with E-state index in [4.69, 9.17) is 5.26 Å². The molecule has 0 aliphatic heterocycles. The second kappa shape index (κ2) is 4.48. The van der Waals surface area contributed by atoms with Gasteiger partial charge in [0.2, 0.25) is 0 Å². The predicted octanol–water partition coefficient (Wildman–Crippen LogP) is 0.433. The van der Waals surface area contributed by atoms with Crippen molar-refractivity contribution >= 4 is 0 Å². The smallest absolute Gasteiger partial charge is 0.252 e. The Kier molecular flexibility index (Phi) is 2.80. The Morgan fingerprint density at radius 2 is 2.26 bits per heavy atom. The van der Waals surface area contributed by atoms with Gasteiger partial charge in [0.15, 0.2) is 5.82 Å². The quantitative estimate of drug-likeness (QED) is 0.858. The normalized spacial score (nSPS) is 14.6. The van der Waals surface area contributed by atoms with Crippen molar-refractivity contribution in [3.8, 4) is 11.9 Å². The number of rotatable bonds is 4. The first-order valence-electron chi connectivity index (χ1n) is 6.27. The average Bonchev–Trinajstić information content (AvgIpc) is 3.02. The molecule has 3 rings (SSSR count). The Morgan fingerprint density at radius 3 is 2.89 bits per heavy atom. The van der Waals surface area contributed by atoms with Gasteiger partial charge in [0.1, 0.15) is 12.4 Å². The fourth-order valence-electron chi connectivity index (χ4n) is 2.13. The molecule has 0 spiro atoms. The molecule has 1 aliphatic rings. The molecule has 7 heteroatoms. The van der Waals surface area contributed by atoms with Gasteiger partial charge in [-0.25, -0.2) is 9.67 Å². The molecule has 0 saturated heterocycles. The van der Waals surface area contributed by atoms with Gasteiger partial charge in [-0.05, 0) is 19.8 Å². The van der Waals surface area contributed by atoms with Crippen LogP contribution in [0.1, 0.15) is 29.9 Å². The molecule has 1 fully saturated rings. The maximum Gasteiger partial charge on any atom is 0.252 e. The number of aromatic nitrogens is 5. The molecular formula is C12H15N7. The highest BCUT2D eigenvalue weighted by Gasteiger charge is 2.23. The Balaban J connectivity index is 1.96. The summed E-state index contributed by atoms with van der Waals surface area (Å²) in [6.45, 7) is 2.75. The van der Waals surface area contributed by atoms with E-state index in [9.17, 15) is 0 Å². The largest absolute Gasteiger partial charge is 0.310 e. The van der Waals surface area contributed by atoms with Crippen LogP contribution in [0.5, 0.6) is 0 Å². The number of hydrogen-bond donors (Lipinski definition) is 1. The third-order valence-corrected chi connectivity index (χ3v) is 3.27. The molecule has 98 valence electrons. The standard InChI is InChI=1S/C12H15N7/c1-8-10(6-14-9-3-4-9)12(18(2)16-8)19-7-15-11(5-13)17-19/h7,9,14H,3-4,6H2,1-2H3. The van der Waals surface area contributed by atoms with E-state index in [1.807, 2.05) is 20.0 Å². The zero-order valence-corrected chi connectivity index (χ0v) is 11.0. The zero-order valence-electron chi connectivity index (χ0n) is 11.0. The van der Waals surface area contributed by atoms with Crippen LogP contribution in [0.2, 0.25) is 0 Å². The van der Waals surface area contributed by atoms with Crippen LogP contribution < -0.4 is 5.32 Å². The first-order chi connectivity index (χ1) is 9.19. The van der Waals surface area contributed by atoms with E-state index >= 15 is 0 Å². The van der Waals surface area contributed by atoms with Crippen LogP contribution in [0.15, 0.2) is 6.33 Å². The second-order valence-corrected chi connectivity index (χ2v) is 4.79. The first-order valence-corrected chi connectivity index (χ1v) is 6.27. The van der Waals surface area contributed by atoms with Crippen molar-refractivity contribution in [2.75, 3.05) is 0 Å². The van der Waals surface area contributed by atoms with Gasteiger partial charge >= 0.3 is 0 Å². The summed E-state index contributed by atoms with van der Waals surface area (Å²) in [6, 6.07) is 2.57. The monoisotopic (exact) mass is 257 g/mol. The summed E-state index contributed by atoms with van der Waals surface area (Å²) in [5.41, 5.74) is 2.07. The lowest BCUT2D eigenvalue weighted by molar-refractivity contribution is 0.664. The summed E-state index contributed by atoms with van der Waals surface area (Å²) in [5.74, 6) is 1.03. The Morgan fingerprint density at radius 1 is 1.47 bits per heavy atom. The highest BCUT2D eigenvalue weighted by molar-refractivity contribution is 5.37. The summed E-state index contributed by atoms with van der Waals surface area (Å²) in [5, 5.41) is 20.8. The molecule has 1 N–H and O–H groups in total. The highest BCUT2D eigenvalue weighted by atomic mass is 15.4. The van der Waals surface area contributed by atoms with Crippen LogP contribution in [0.3, 0.4) is 0 Å². The van der Waals surface area contributed by atoms with Crippen molar-refractivity contribution in [1.82, 2.24) is 29.9 Å². The van der Waals surface area contributed by atoms with Crippen molar-refractivity contribution in [1.29, 1.82) is 5.26 Å². The molecule has 19 heavy (non-hydrogen) atoms. The lowest BCUT2D eigenvalue weighted by Crippen LogP contribution is -2.17. The summed E-state index contributed by atoms with van der Waals surface area (Å²) in [4.78, 5) is 3.94. The molecule has 2 aromatic heterocycles. The number of nitrogens with one attached hydrogen (secondary N) is 1. The molecule has 1 aliphatic carbocycles. The molecule has 0 aromatic carbocycles. The van der Waals surface area contributed by atoms with Crippen LogP contribution in [-0.2, 0) is 13.6 Å². The minimum atomic E-state index is 0.167. The second-order valence-electron chi connectivity index (χ2n) is 4.79. The molecular weight excluding hydrogens is 242 g/mol. The molecule has 0 atom stereocenters. The average molecular weight is 257 g/mol. The Labute approximate surface area is 110 Å². The van der Waals surface area contributed by atoms with Gasteiger partial charge in [-0.2, -0.15) is 10.4 Å². The number of aryl methyl sites for hydroxylation is 2. The maximum atomic E-state index is 8.80. The van der Waals surface area contributed by atoms with Gasteiger partial charge in [0, 0.05) is 25.2 Å². The van der Waals surface area contributed by atoms with Crippen LogP contribution in [0.25, 0.3) is 5.82 Å². The fourth-order valence-corrected chi connectivity index (χ4v) is 2.13. The molecule has 2 aromatic rings. The van der Waals surface area contributed by atoms with E-state index < -0.39 is 0 Å². The predicted molar refractivity (Wildman–Crippen MR) is 67.4 cm³/mol. The van der Waals surface area contributed by atoms with E-state index in [2.05, 4.69) is 20.5 Å². The van der Waals surface area contributed by atoms with Crippen LogP contribution in [0, 0.1) is 18.3 Å². The lowest BCUT2D eigenvalue weighted by atomic mass is 10.2. The van der Waals surface area contributed by atoms with Crippen molar-refractivity contribution in [3.63, 3.8) is 0 Å². The third-order valence-electron chi connectivity index (χ3n) is 3.27. The van der Waals surface area contributed by atoms with Crippen LogP contribution in [0.4, 0.5) is 0 Å². The van der Waals surface area contributed by atoms with E-state index in [1.54, 1.807) is 15.7 Å². The Hall–Kier alpha value is -2.20. The van der Waals surface area contributed by atoms with Gasteiger partial charge in [-0.1, -0.05) is 0 Å². The number of hydrogen-bond acceptors (Lipinski definition) is 5. The summed E-state index contributed by atoms with van der Waals surface area (Å²) >= 11 is 0. The molecule has 2 heterocycles. The van der Waals surface area contributed by atoms with Gasteiger partial charge in [-0.3, -0.25) is 4.68 Å². The minimum absolute atomic E-state index is 0.167. The van der Waals surface area contributed by atoms with Crippen molar-refractivity contribution in [2.24, 2.45) is 7.05 Å². The van der Waals surface area contributed by atoms with E-state index in [-0.39, 0.29) is 5.82 Å². The molecule has 0 amide bonds. The van der Waals surface area contributed by atoms with Crippen LogP contribution in [-0.4, -0.2) is 30.6 Å². The summed E-state index contributed by atoms with van der Waals surface area (Å²) in [7, 11) is 1.87. The highest BCUT2D eigenvalue weighted by Crippen LogP contribution is 2.22. The van der Waals surface area contributed by atoms with E-state index in [0.29, 0.717) is 6.04 Å². The molecule has 0 radical (unpaired) electrons. The maximum absolute atomic E-state index is 8.80. The zero-order chi connectivity index (χ0) is 13.4. The van der Waals surface area contributed by atoms with Crippen molar-refractivity contribution in [2.45, 2.75) is 32.4 Å². The first kappa shape index (κ1) is 11.9. The van der Waals surface area contributed by atoms with Gasteiger partial charge in [0.25, 0.3) is 5.82 Å². The van der Waals surface area contributed by atoms with Gasteiger partial charge < -0.3 is 5.32 Å². The lowest BCUT2D eigenvalue weighted by Gasteiger charge is -2.06. The number of nitrogens with zero attached hydrogens (tertiary/aromatic N) is 6. The van der Waals surface area contributed by atoms with Gasteiger partial charge in [0.05, 0.1) is 5.69 Å². The third kappa shape index (κ3) is 2.22. The van der Waals surface area contributed by atoms with E-state index in [0.717, 1.165) is 23.6 Å². The summed E-state index contributed by atoms with van der Waals surface area (Å²) < 4.78 is 3.39. The molecule has 0 bridgehead atoms.